The molecule has 254 valence electrons. The molecule has 0 fully saturated rings. The lowest BCUT2D eigenvalue weighted by molar-refractivity contribution is -0.115. The zero-order chi connectivity index (χ0) is 35.1. The Labute approximate surface area is 305 Å². The Balaban J connectivity index is 1.43. The summed E-state index contributed by atoms with van der Waals surface area (Å²) in [7, 11) is 0. The molecule has 0 saturated heterocycles. The molecular weight excluding hydrogens is 832 g/mol. The third kappa shape index (κ3) is 9.10. The number of benzene rings is 4. The van der Waals surface area contributed by atoms with Crippen molar-refractivity contribution in [1.29, 1.82) is 0 Å². The van der Waals surface area contributed by atoms with Crippen molar-refractivity contribution in [3.63, 3.8) is 0 Å². The highest BCUT2D eigenvalue weighted by Gasteiger charge is 2.19. The lowest BCUT2D eigenvalue weighted by Gasteiger charge is -2.14. The second-order valence-corrected chi connectivity index (χ2v) is 13.5. The monoisotopic (exact) mass is 858 g/mol. The molecule has 0 saturated carbocycles. The van der Waals surface area contributed by atoms with Crippen molar-refractivity contribution in [3.8, 4) is 34.5 Å². The van der Waals surface area contributed by atoms with Crippen molar-refractivity contribution >= 4 is 71.0 Å². The van der Waals surface area contributed by atoms with Gasteiger partial charge in [-0.05, 0) is 131 Å². The maximum Gasteiger partial charge on any atom is 0.269 e. The summed E-state index contributed by atoms with van der Waals surface area (Å²) < 4.78 is 13.4. The van der Waals surface area contributed by atoms with Crippen molar-refractivity contribution < 1.29 is 39.7 Å². The number of phenolic OH excluding ortho intramolecular Hbond substituents is 2. The highest BCUT2D eigenvalue weighted by Crippen LogP contribution is 2.40. The van der Waals surface area contributed by atoms with Gasteiger partial charge in [-0.25, -0.2) is 0 Å². The number of oxime groups is 2. The van der Waals surface area contributed by atoms with E-state index in [9.17, 15) is 30.2 Å². The predicted molar refractivity (Wildman–Crippen MR) is 192 cm³/mol. The minimum Gasteiger partial charge on any atom is -0.504 e. The molecule has 4 aliphatic heterocycles. The number of carbonyl (C=O) groups excluding carboxylic acids is 2. The van der Waals surface area contributed by atoms with Crippen molar-refractivity contribution in [1.82, 2.24) is 10.6 Å². The quantitative estimate of drug-likeness (QED) is 0.0830. The predicted octanol–water partition coefficient (Wildman–Crippen LogP) is 6.75. The smallest absolute Gasteiger partial charge is 0.269 e. The molecule has 0 aromatic heterocycles. The first-order valence-corrected chi connectivity index (χ1v) is 17.2. The molecule has 2 amide bonds. The molecule has 0 spiro atoms. The van der Waals surface area contributed by atoms with Gasteiger partial charge in [-0.15, -0.1) is 0 Å². The largest absolute Gasteiger partial charge is 0.504 e. The van der Waals surface area contributed by atoms with Crippen LogP contribution in [0.25, 0.3) is 0 Å². The normalized spacial score (nSPS) is 16.3. The van der Waals surface area contributed by atoms with Crippen LogP contribution in [0, 0.1) is 0 Å². The zero-order valence-corrected chi connectivity index (χ0v) is 30.3. The van der Waals surface area contributed by atoms with Gasteiger partial charge in [0.15, 0.2) is 23.0 Å². The molecule has 6 N–H and O–H groups in total. The van der Waals surface area contributed by atoms with Crippen molar-refractivity contribution in [2.24, 2.45) is 10.3 Å². The van der Waals surface area contributed by atoms with Crippen LogP contribution in [0.2, 0.25) is 0 Å². The first kappa shape index (κ1) is 35.7. The van der Waals surface area contributed by atoms with E-state index in [1.807, 2.05) is 12.1 Å². The average molecular weight is 861 g/mol. The van der Waals surface area contributed by atoms with E-state index < -0.39 is 11.8 Å². The highest BCUT2D eigenvalue weighted by molar-refractivity contribution is 9.11. The molecule has 4 aromatic rings. The van der Waals surface area contributed by atoms with Crippen molar-refractivity contribution in [3.05, 3.63) is 102 Å². The Bertz CT molecular complexity index is 1970. The SMILES string of the molecule is O=C1NCCc2ccc(O)c(c2)Oc2ccc(cc2Br)CCNC(=O)/C(=N/O)Cc2cc(Br)c(O)c(c2)Oc2ccc(cc2Br)C/C1=N\O. The molecule has 0 radical (unpaired) electrons. The standard InChI is InChI=1S/C34H29Br3N4O8/c35-22-11-18-2-5-28(22)48-30-16-19(1-4-27(30)42)8-10-39-33(44)25(40-46)14-20-3-6-29(23(36)12-20)49-31-17-21(13-24(37)32(31)43)15-26(41-47)34(45)38-9-7-18/h1-6,11-13,16-17,42-43,46-47H,7-10,14-15H2,(H,38,45)(H,39,44)/b40-25+,41-26+. The third-order valence-corrected chi connectivity index (χ3v) is 9.30. The minimum atomic E-state index is -0.575. The van der Waals surface area contributed by atoms with Crippen molar-refractivity contribution in [2.75, 3.05) is 13.1 Å². The molecule has 0 aliphatic carbocycles. The molecule has 4 heterocycles. The summed E-state index contributed by atoms with van der Waals surface area (Å²) >= 11 is 10.3. The first-order chi connectivity index (χ1) is 23.5. The molecule has 15 heteroatoms. The number of aromatic hydroxyl groups is 2. The van der Waals surface area contributed by atoms with Gasteiger partial charge in [0.05, 0.1) is 13.4 Å². The van der Waals surface area contributed by atoms with Crippen LogP contribution in [0.1, 0.15) is 22.3 Å². The molecule has 12 nitrogen and oxygen atoms in total. The topological polar surface area (TPSA) is 182 Å². The Hall–Kier alpha value is -4.60. The molecule has 49 heavy (non-hydrogen) atoms. The number of halogens is 3. The van der Waals surface area contributed by atoms with E-state index in [2.05, 4.69) is 68.7 Å². The number of ether oxygens (including phenoxy) is 2. The van der Waals surface area contributed by atoms with Gasteiger partial charge in [-0.1, -0.05) is 28.5 Å². The Morgan fingerprint density at radius 3 is 1.63 bits per heavy atom. The van der Waals surface area contributed by atoms with Crippen LogP contribution >= 0.6 is 47.8 Å². The second kappa shape index (κ2) is 16.2. The van der Waals surface area contributed by atoms with E-state index in [1.54, 1.807) is 42.5 Å². The summed E-state index contributed by atoms with van der Waals surface area (Å²) in [6, 6.07) is 18.3. The highest BCUT2D eigenvalue weighted by atomic mass is 79.9. The van der Waals surface area contributed by atoms with Crippen LogP contribution < -0.4 is 20.1 Å². The molecule has 4 aliphatic rings. The zero-order valence-electron chi connectivity index (χ0n) is 25.5. The van der Waals surface area contributed by atoms with E-state index in [0.29, 0.717) is 48.9 Å². The van der Waals surface area contributed by atoms with Gasteiger partial charge in [-0.2, -0.15) is 0 Å². The van der Waals surface area contributed by atoms with Crippen LogP contribution in [0.4, 0.5) is 0 Å². The van der Waals surface area contributed by atoms with Gasteiger partial charge in [0.25, 0.3) is 11.8 Å². The number of hydrogen-bond donors (Lipinski definition) is 6. The number of phenols is 2. The van der Waals surface area contributed by atoms with Crippen LogP contribution in [0.5, 0.6) is 34.5 Å². The molecule has 0 atom stereocenters. The summed E-state index contributed by atoms with van der Waals surface area (Å²) in [5.74, 6) is -0.329. The fourth-order valence-electron chi connectivity index (χ4n) is 4.91. The van der Waals surface area contributed by atoms with E-state index in [4.69, 9.17) is 9.47 Å². The van der Waals surface area contributed by atoms with E-state index in [-0.39, 0.29) is 60.4 Å². The van der Waals surface area contributed by atoms with Crippen LogP contribution in [0.15, 0.2) is 90.5 Å². The molecule has 0 unspecified atom stereocenters. The first-order valence-electron chi connectivity index (χ1n) is 14.8. The summed E-state index contributed by atoms with van der Waals surface area (Å²) in [6.45, 7) is 0.463. The maximum atomic E-state index is 12.9. The number of carbonyl (C=O) groups is 2. The molecule has 4 aromatic carbocycles. The van der Waals surface area contributed by atoms with Gasteiger partial charge < -0.3 is 40.7 Å². The number of nitrogens with one attached hydrogen (secondary N) is 2. The van der Waals surface area contributed by atoms with Gasteiger partial charge in [0.1, 0.15) is 22.9 Å². The lowest BCUT2D eigenvalue weighted by atomic mass is 10.1. The van der Waals surface area contributed by atoms with Crippen LogP contribution in [-0.4, -0.2) is 57.0 Å². The lowest BCUT2D eigenvalue weighted by Crippen LogP contribution is -2.33. The number of amides is 2. The summed E-state index contributed by atoms with van der Waals surface area (Å²) in [5, 5.41) is 52.4. The molecule has 8 bridgehead atoms. The van der Waals surface area contributed by atoms with Crippen LogP contribution in [0.3, 0.4) is 0 Å². The Kier molecular flexibility index (Phi) is 11.8. The third-order valence-electron chi connectivity index (χ3n) is 7.45. The van der Waals surface area contributed by atoms with Crippen LogP contribution in [-0.2, 0) is 35.3 Å². The summed E-state index contributed by atoms with van der Waals surface area (Å²) in [5.41, 5.74) is 2.52. The van der Waals surface area contributed by atoms with Gasteiger partial charge in [-0.3, -0.25) is 9.59 Å². The van der Waals surface area contributed by atoms with E-state index in [1.165, 1.54) is 12.1 Å². The average Bonchev–Trinajstić information content (AvgIpc) is 3.07. The van der Waals surface area contributed by atoms with Gasteiger partial charge in [0, 0.05) is 25.9 Å². The van der Waals surface area contributed by atoms with E-state index >= 15 is 0 Å². The summed E-state index contributed by atoms with van der Waals surface area (Å²) in [6.07, 6.45) is 0.782. The molecule has 8 rings (SSSR count). The van der Waals surface area contributed by atoms with E-state index in [0.717, 1.165) is 11.1 Å². The maximum absolute atomic E-state index is 12.9. The number of rotatable bonds is 0. The number of nitrogens with zero attached hydrogens (tertiary/aromatic N) is 2. The Morgan fingerprint density at radius 1 is 0.571 bits per heavy atom. The number of hydrogen-bond acceptors (Lipinski definition) is 10. The van der Waals surface area contributed by atoms with Gasteiger partial charge >= 0.3 is 0 Å². The van der Waals surface area contributed by atoms with Crippen molar-refractivity contribution in [2.45, 2.75) is 25.7 Å². The van der Waals surface area contributed by atoms with Gasteiger partial charge in [0.2, 0.25) is 0 Å². The Morgan fingerprint density at radius 2 is 1.04 bits per heavy atom. The summed E-state index contributed by atoms with van der Waals surface area (Å²) in [4.78, 5) is 25.8. The minimum absolute atomic E-state index is 0.00367. The second-order valence-electron chi connectivity index (χ2n) is 10.9. The fourth-order valence-corrected chi connectivity index (χ4v) is 6.42. The fraction of sp³-hybridized carbons (Fsp3) is 0.176. The molecular formula is C34H29Br3N4O8.